The predicted molar refractivity (Wildman–Crippen MR) is 111 cm³/mol. The van der Waals surface area contributed by atoms with Crippen molar-refractivity contribution in [2.75, 3.05) is 50.8 Å². The van der Waals surface area contributed by atoms with Crippen LogP contribution in [0.5, 0.6) is 0 Å². The van der Waals surface area contributed by atoms with Crippen molar-refractivity contribution in [2.45, 2.75) is 38.3 Å². The lowest BCUT2D eigenvalue weighted by Crippen LogP contribution is -2.52. The van der Waals surface area contributed by atoms with Gasteiger partial charge >= 0.3 is 0 Å². The molecule has 0 spiro atoms. The highest BCUT2D eigenvalue weighted by Gasteiger charge is 2.33. The Hall–Kier alpha value is -1.11. The number of thioether (sulfide) groups is 1. The number of hydrogen-bond donors (Lipinski definition) is 0. The van der Waals surface area contributed by atoms with Gasteiger partial charge in [-0.25, -0.2) is 0 Å². The summed E-state index contributed by atoms with van der Waals surface area (Å²) in [5.41, 5.74) is 1.30. The number of rotatable bonds is 4. The van der Waals surface area contributed by atoms with Crippen LogP contribution in [0.15, 0.2) is 24.5 Å². The molecule has 148 valence electrons. The molecule has 0 aliphatic carbocycles. The van der Waals surface area contributed by atoms with Crippen molar-refractivity contribution in [2.24, 2.45) is 5.92 Å². The topological polar surface area (TPSA) is 39.7 Å². The summed E-state index contributed by atoms with van der Waals surface area (Å²) in [5.74, 6) is 2.87. The van der Waals surface area contributed by atoms with E-state index in [0.29, 0.717) is 11.9 Å². The second-order valence-corrected chi connectivity index (χ2v) is 9.37. The molecule has 1 aromatic heterocycles. The summed E-state index contributed by atoms with van der Waals surface area (Å²) in [7, 11) is 0. The van der Waals surface area contributed by atoms with Gasteiger partial charge in [0.1, 0.15) is 0 Å². The number of hydrogen-bond acceptors (Lipinski definition) is 5. The van der Waals surface area contributed by atoms with Gasteiger partial charge in [-0.2, -0.15) is 11.8 Å². The molecule has 3 aliphatic heterocycles. The highest BCUT2D eigenvalue weighted by Crippen LogP contribution is 2.26. The highest BCUT2D eigenvalue weighted by atomic mass is 32.2. The van der Waals surface area contributed by atoms with Crippen LogP contribution in [0.4, 0.5) is 0 Å². The van der Waals surface area contributed by atoms with Crippen molar-refractivity contribution in [3.63, 3.8) is 0 Å². The first-order chi connectivity index (χ1) is 13.3. The zero-order valence-corrected chi connectivity index (χ0v) is 17.1. The first-order valence-electron chi connectivity index (χ1n) is 10.5. The summed E-state index contributed by atoms with van der Waals surface area (Å²) < 4.78 is 0. The largest absolute Gasteiger partial charge is 0.341 e. The number of aromatic nitrogens is 1. The van der Waals surface area contributed by atoms with Gasteiger partial charge in [0.15, 0.2) is 0 Å². The summed E-state index contributed by atoms with van der Waals surface area (Å²) in [4.78, 5) is 24.4. The van der Waals surface area contributed by atoms with Gasteiger partial charge in [0.25, 0.3) is 0 Å². The van der Waals surface area contributed by atoms with Crippen molar-refractivity contribution >= 4 is 17.7 Å². The molecule has 3 fully saturated rings. The second kappa shape index (κ2) is 9.39. The quantitative estimate of drug-likeness (QED) is 0.792. The Morgan fingerprint density at radius 3 is 2.67 bits per heavy atom. The Labute approximate surface area is 167 Å². The van der Waals surface area contributed by atoms with E-state index in [1.807, 2.05) is 30.2 Å². The zero-order valence-electron chi connectivity index (χ0n) is 16.3. The van der Waals surface area contributed by atoms with Crippen LogP contribution < -0.4 is 0 Å². The number of amides is 1. The molecular weight excluding hydrogens is 356 g/mol. The molecule has 0 N–H and O–H groups in total. The Morgan fingerprint density at radius 2 is 1.93 bits per heavy atom. The van der Waals surface area contributed by atoms with Crippen LogP contribution in [0.3, 0.4) is 0 Å². The van der Waals surface area contributed by atoms with Crippen molar-refractivity contribution in [3.8, 4) is 0 Å². The number of carbonyl (C=O) groups excluding carboxylic acids is 1. The molecule has 1 atom stereocenters. The van der Waals surface area contributed by atoms with Crippen molar-refractivity contribution in [1.29, 1.82) is 0 Å². The van der Waals surface area contributed by atoms with Gasteiger partial charge in [-0.3, -0.25) is 19.6 Å². The van der Waals surface area contributed by atoms with Gasteiger partial charge in [-0.1, -0.05) is 6.07 Å². The maximum absolute atomic E-state index is 12.9. The van der Waals surface area contributed by atoms with E-state index in [9.17, 15) is 4.79 Å². The predicted octanol–water partition coefficient (Wildman–Crippen LogP) is 2.33. The number of pyridine rings is 1. The van der Waals surface area contributed by atoms with Gasteiger partial charge in [0.05, 0.1) is 5.92 Å². The van der Waals surface area contributed by atoms with Crippen molar-refractivity contribution in [3.05, 3.63) is 30.1 Å². The minimum atomic E-state index is 0.232. The Morgan fingerprint density at radius 1 is 1.11 bits per heavy atom. The molecular formula is C21H32N4OS. The lowest BCUT2D eigenvalue weighted by atomic mass is 9.92. The van der Waals surface area contributed by atoms with Crippen LogP contribution in [0.1, 0.15) is 31.2 Å². The van der Waals surface area contributed by atoms with Crippen LogP contribution in [0, 0.1) is 5.92 Å². The number of likely N-dealkylation sites (tertiary alicyclic amines) is 2. The summed E-state index contributed by atoms with van der Waals surface area (Å²) >= 11 is 1.97. The van der Waals surface area contributed by atoms with Crippen molar-refractivity contribution < 1.29 is 4.79 Å². The van der Waals surface area contributed by atoms with E-state index in [2.05, 4.69) is 25.8 Å². The van der Waals surface area contributed by atoms with E-state index in [1.165, 1.54) is 31.4 Å². The van der Waals surface area contributed by atoms with Crippen LogP contribution >= 0.6 is 11.8 Å². The average molecular weight is 389 g/mol. The maximum Gasteiger partial charge on any atom is 0.227 e. The van der Waals surface area contributed by atoms with E-state index in [1.54, 1.807) is 0 Å². The highest BCUT2D eigenvalue weighted by molar-refractivity contribution is 7.99. The van der Waals surface area contributed by atoms with Crippen molar-refractivity contribution in [1.82, 2.24) is 19.7 Å². The zero-order chi connectivity index (χ0) is 18.5. The minimum Gasteiger partial charge on any atom is -0.341 e. The SMILES string of the molecule is O=C([C@@H]1CCCN(C2CCN(Cc3cccnc3)CC2)C1)N1CCSCC1. The molecule has 27 heavy (non-hydrogen) atoms. The maximum atomic E-state index is 12.9. The summed E-state index contributed by atoms with van der Waals surface area (Å²) in [6.07, 6.45) is 8.52. The monoisotopic (exact) mass is 388 g/mol. The van der Waals surface area contributed by atoms with Crippen LogP contribution in [-0.2, 0) is 11.3 Å². The Balaban J connectivity index is 1.26. The lowest BCUT2D eigenvalue weighted by molar-refractivity contribution is -0.137. The first-order valence-corrected chi connectivity index (χ1v) is 11.7. The molecule has 4 rings (SSSR count). The van der Waals surface area contributed by atoms with Crippen LogP contribution in [0.25, 0.3) is 0 Å². The third-order valence-corrected chi connectivity index (χ3v) is 7.27. The molecule has 0 unspecified atom stereocenters. The van der Waals surface area contributed by atoms with E-state index >= 15 is 0 Å². The molecule has 0 bridgehead atoms. The normalized spacial score (nSPS) is 26.2. The summed E-state index contributed by atoms with van der Waals surface area (Å²) in [6, 6.07) is 4.84. The first kappa shape index (κ1) is 19.2. The van der Waals surface area contributed by atoms with Gasteiger partial charge in [-0.15, -0.1) is 0 Å². The lowest BCUT2D eigenvalue weighted by Gasteiger charge is -2.43. The van der Waals surface area contributed by atoms with Gasteiger partial charge in [-0.05, 0) is 56.9 Å². The number of carbonyl (C=O) groups is 1. The third kappa shape index (κ3) is 5.04. The smallest absolute Gasteiger partial charge is 0.227 e. The summed E-state index contributed by atoms with van der Waals surface area (Å²) in [6.45, 7) is 7.37. The second-order valence-electron chi connectivity index (χ2n) is 8.14. The molecule has 3 aliphatic rings. The molecule has 4 heterocycles. The molecule has 0 aromatic carbocycles. The molecule has 5 nitrogen and oxygen atoms in total. The van der Waals surface area contributed by atoms with Gasteiger partial charge in [0.2, 0.25) is 5.91 Å². The molecule has 1 aromatic rings. The fraction of sp³-hybridized carbons (Fsp3) is 0.714. The molecule has 1 amide bonds. The fourth-order valence-corrected chi connectivity index (χ4v) is 5.68. The third-order valence-electron chi connectivity index (χ3n) is 6.33. The van der Waals surface area contributed by atoms with E-state index in [-0.39, 0.29) is 5.92 Å². The van der Waals surface area contributed by atoms with Crippen LogP contribution in [0.2, 0.25) is 0 Å². The molecule has 0 radical (unpaired) electrons. The van der Waals surface area contributed by atoms with E-state index in [0.717, 1.165) is 57.2 Å². The molecule has 6 heteroatoms. The fourth-order valence-electron chi connectivity index (χ4n) is 4.77. The molecule has 0 saturated carbocycles. The number of nitrogens with zero attached hydrogens (tertiary/aromatic N) is 4. The summed E-state index contributed by atoms with van der Waals surface area (Å²) in [5, 5.41) is 0. The number of piperidine rings is 2. The van der Waals surface area contributed by atoms with E-state index in [4.69, 9.17) is 0 Å². The Bertz CT molecular complexity index is 599. The minimum absolute atomic E-state index is 0.232. The van der Waals surface area contributed by atoms with E-state index < -0.39 is 0 Å². The molecule has 3 saturated heterocycles. The van der Waals surface area contributed by atoms with Gasteiger partial charge < -0.3 is 4.90 Å². The van der Waals surface area contributed by atoms with Crippen LogP contribution in [-0.4, -0.2) is 82.4 Å². The average Bonchev–Trinajstić information content (AvgIpc) is 2.75. The van der Waals surface area contributed by atoms with Gasteiger partial charge in [0, 0.05) is 56.1 Å². The Kier molecular flexibility index (Phi) is 6.69. The standard InChI is InChI=1S/C21H32N4OS/c26-21(24-11-13-27-14-12-24)19-4-2-8-25(17-19)20-5-9-23(10-6-20)16-18-3-1-7-22-15-18/h1,3,7,15,19-20H,2,4-6,8-14,16-17H2/t19-/m1/s1.